The molecule has 2 aliphatic carbocycles. The zero-order valence-corrected chi connectivity index (χ0v) is 11.2. The Morgan fingerprint density at radius 1 is 1.37 bits per heavy atom. The maximum absolute atomic E-state index is 12.6. The van der Waals surface area contributed by atoms with Gasteiger partial charge in [-0.2, -0.15) is 5.26 Å². The Kier molecular flexibility index (Phi) is 3.02. The summed E-state index contributed by atoms with van der Waals surface area (Å²) in [4.78, 5) is 14.3. The van der Waals surface area contributed by atoms with E-state index in [1.807, 2.05) is 19.2 Å². The number of amides is 1. The van der Waals surface area contributed by atoms with E-state index in [2.05, 4.69) is 6.07 Å². The summed E-state index contributed by atoms with van der Waals surface area (Å²) >= 11 is 0. The largest absolute Gasteiger partial charge is 0.315 e. The Morgan fingerprint density at radius 3 is 2.84 bits per heavy atom. The van der Waals surface area contributed by atoms with Gasteiger partial charge < -0.3 is 4.90 Å². The molecule has 19 heavy (non-hydrogen) atoms. The van der Waals surface area contributed by atoms with Crippen molar-refractivity contribution >= 4 is 11.6 Å². The molecule has 0 radical (unpaired) electrons. The third-order valence-electron chi connectivity index (χ3n) is 4.75. The first-order chi connectivity index (χ1) is 9.19. The molecular formula is C16H18N2O. The van der Waals surface area contributed by atoms with Crippen molar-refractivity contribution in [1.82, 2.24) is 0 Å². The zero-order chi connectivity index (χ0) is 13.4. The molecule has 0 aromatic heterocycles. The highest BCUT2D eigenvalue weighted by molar-refractivity contribution is 5.95. The summed E-state index contributed by atoms with van der Waals surface area (Å²) in [6, 6.07) is 9.39. The number of carbonyl (C=O) groups excluding carboxylic acids is 1. The second-order valence-electron chi connectivity index (χ2n) is 5.84. The number of hydrogen-bond donors (Lipinski definition) is 0. The van der Waals surface area contributed by atoms with Crippen LogP contribution in [0.5, 0.6) is 0 Å². The fourth-order valence-electron chi connectivity index (χ4n) is 3.71. The molecule has 2 bridgehead atoms. The lowest BCUT2D eigenvalue weighted by Gasteiger charge is -2.26. The van der Waals surface area contributed by atoms with Gasteiger partial charge in [0.2, 0.25) is 5.91 Å². The number of benzene rings is 1. The van der Waals surface area contributed by atoms with E-state index in [-0.39, 0.29) is 11.8 Å². The average molecular weight is 254 g/mol. The van der Waals surface area contributed by atoms with Gasteiger partial charge in [0.15, 0.2) is 0 Å². The average Bonchev–Trinajstić information content (AvgIpc) is 3.08. The number of anilines is 1. The van der Waals surface area contributed by atoms with Crippen molar-refractivity contribution in [3.8, 4) is 6.07 Å². The van der Waals surface area contributed by atoms with Crippen LogP contribution >= 0.6 is 0 Å². The van der Waals surface area contributed by atoms with E-state index in [1.54, 1.807) is 17.0 Å². The molecule has 0 N–H and O–H groups in total. The van der Waals surface area contributed by atoms with Crippen molar-refractivity contribution in [3.63, 3.8) is 0 Å². The Labute approximate surface area is 113 Å². The second kappa shape index (κ2) is 4.70. The van der Waals surface area contributed by atoms with Gasteiger partial charge >= 0.3 is 0 Å². The van der Waals surface area contributed by atoms with Crippen LogP contribution in [0.3, 0.4) is 0 Å². The van der Waals surface area contributed by atoms with Crippen LogP contribution in [0, 0.1) is 29.1 Å². The minimum absolute atomic E-state index is 0.203. The Hall–Kier alpha value is -1.82. The molecule has 2 saturated carbocycles. The lowest BCUT2D eigenvalue weighted by molar-refractivity contribution is -0.123. The van der Waals surface area contributed by atoms with Crippen molar-refractivity contribution in [2.24, 2.45) is 17.8 Å². The van der Waals surface area contributed by atoms with Crippen molar-refractivity contribution in [2.45, 2.75) is 25.7 Å². The highest BCUT2D eigenvalue weighted by Crippen LogP contribution is 2.49. The SMILES string of the molecule is CN(C(=O)C1CC2CCC1C2)c1cccc(C#N)c1. The minimum Gasteiger partial charge on any atom is -0.315 e. The summed E-state index contributed by atoms with van der Waals surface area (Å²) in [5.74, 6) is 1.80. The number of carbonyl (C=O) groups is 1. The molecule has 2 fully saturated rings. The van der Waals surface area contributed by atoms with E-state index in [0.29, 0.717) is 11.5 Å². The third-order valence-corrected chi connectivity index (χ3v) is 4.75. The van der Waals surface area contributed by atoms with Crippen LogP contribution in [-0.4, -0.2) is 13.0 Å². The number of rotatable bonds is 2. The van der Waals surface area contributed by atoms with Gasteiger partial charge in [-0.3, -0.25) is 4.79 Å². The summed E-state index contributed by atoms with van der Waals surface area (Å²) < 4.78 is 0. The van der Waals surface area contributed by atoms with Gasteiger partial charge in [0.25, 0.3) is 0 Å². The van der Waals surface area contributed by atoms with E-state index in [4.69, 9.17) is 5.26 Å². The third kappa shape index (κ3) is 2.12. The van der Waals surface area contributed by atoms with Gasteiger partial charge in [0.1, 0.15) is 0 Å². The van der Waals surface area contributed by atoms with E-state index >= 15 is 0 Å². The van der Waals surface area contributed by atoms with Crippen LogP contribution in [0.4, 0.5) is 5.69 Å². The van der Waals surface area contributed by atoms with E-state index in [0.717, 1.165) is 18.0 Å². The summed E-state index contributed by atoms with van der Waals surface area (Å²) in [5.41, 5.74) is 1.43. The molecule has 3 heteroatoms. The van der Waals surface area contributed by atoms with E-state index in [1.165, 1.54) is 19.3 Å². The normalized spacial score (nSPS) is 28.1. The summed E-state index contributed by atoms with van der Waals surface area (Å²) in [6.45, 7) is 0. The second-order valence-corrected chi connectivity index (χ2v) is 5.84. The monoisotopic (exact) mass is 254 g/mol. The first-order valence-corrected chi connectivity index (χ1v) is 6.97. The molecule has 3 nitrogen and oxygen atoms in total. The molecule has 3 rings (SSSR count). The predicted octanol–water partition coefficient (Wildman–Crippen LogP) is 2.96. The first kappa shape index (κ1) is 12.2. The Balaban J connectivity index is 1.78. The maximum atomic E-state index is 12.6. The molecule has 2 aliphatic rings. The standard InChI is InChI=1S/C16H18N2O/c1-18(14-4-2-3-12(8-14)10-17)16(19)15-9-11-5-6-13(15)7-11/h2-4,8,11,13,15H,5-7,9H2,1H3. The summed E-state index contributed by atoms with van der Waals surface area (Å²) in [7, 11) is 1.82. The number of nitriles is 1. The molecular weight excluding hydrogens is 236 g/mol. The highest BCUT2D eigenvalue weighted by Gasteiger charge is 2.44. The fourth-order valence-corrected chi connectivity index (χ4v) is 3.71. The van der Waals surface area contributed by atoms with Crippen molar-refractivity contribution in [1.29, 1.82) is 5.26 Å². The van der Waals surface area contributed by atoms with Gasteiger partial charge in [-0.1, -0.05) is 12.5 Å². The summed E-state index contributed by atoms with van der Waals surface area (Å²) in [5, 5.41) is 8.93. The quantitative estimate of drug-likeness (QED) is 0.814. The van der Waals surface area contributed by atoms with Gasteiger partial charge in [-0.15, -0.1) is 0 Å². The molecule has 0 spiro atoms. The summed E-state index contributed by atoms with van der Waals surface area (Å²) in [6.07, 6.45) is 4.82. The maximum Gasteiger partial charge on any atom is 0.230 e. The molecule has 0 heterocycles. The zero-order valence-electron chi connectivity index (χ0n) is 11.2. The first-order valence-electron chi connectivity index (χ1n) is 6.97. The van der Waals surface area contributed by atoms with Crippen LogP contribution in [0.2, 0.25) is 0 Å². The van der Waals surface area contributed by atoms with Crippen molar-refractivity contribution in [2.75, 3.05) is 11.9 Å². The molecule has 98 valence electrons. The Morgan fingerprint density at radius 2 is 2.21 bits per heavy atom. The topological polar surface area (TPSA) is 44.1 Å². The molecule has 3 unspecified atom stereocenters. The van der Waals surface area contributed by atoms with Gasteiger partial charge in [-0.05, 0) is 49.3 Å². The lowest BCUT2D eigenvalue weighted by atomic mass is 9.87. The number of hydrogen-bond acceptors (Lipinski definition) is 2. The minimum atomic E-state index is 0.203. The number of fused-ring (bicyclic) bond motifs is 2. The predicted molar refractivity (Wildman–Crippen MR) is 73.5 cm³/mol. The smallest absolute Gasteiger partial charge is 0.230 e. The van der Waals surface area contributed by atoms with Crippen molar-refractivity contribution < 1.29 is 4.79 Å². The van der Waals surface area contributed by atoms with E-state index < -0.39 is 0 Å². The lowest BCUT2D eigenvalue weighted by Crippen LogP contribution is -2.35. The molecule has 0 saturated heterocycles. The van der Waals surface area contributed by atoms with Crippen LogP contribution in [0.25, 0.3) is 0 Å². The highest BCUT2D eigenvalue weighted by atomic mass is 16.2. The molecule has 1 aromatic rings. The van der Waals surface area contributed by atoms with Gasteiger partial charge in [0.05, 0.1) is 11.6 Å². The van der Waals surface area contributed by atoms with Gasteiger partial charge in [-0.25, -0.2) is 0 Å². The molecule has 1 aromatic carbocycles. The van der Waals surface area contributed by atoms with Crippen LogP contribution in [0.1, 0.15) is 31.2 Å². The number of nitrogens with zero attached hydrogens (tertiary/aromatic N) is 2. The molecule has 1 amide bonds. The fraction of sp³-hybridized carbons (Fsp3) is 0.500. The molecule has 0 aliphatic heterocycles. The Bertz CT molecular complexity index is 546. The van der Waals surface area contributed by atoms with Gasteiger partial charge in [0, 0.05) is 18.7 Å². The molecule has 3 atom stereocenters. The van der Waals surface area contributed by atoms with Crippen LogP contribution in [-0.2, 0) is 4.79 Å². The van der Waals surface area contributed by atoms with E-state index in [9.17, 15) is 4.79 Å². The van der Waals surface area contributed by atoms with Crippen LogP contribution < -0.4 is 4.90 Å². The van der Waals surface area contributed by atoms with Crippen molar-refractivity contribution in [3.05, 3.63) is 29.8 Å². The van der Waals surface area contributed by atoms with Crippen LogP contribution in [0.15, 0.2) is 24.3 Å².